The fourth-order valence-electron chi connectivity index (χ4n) is 2.70. The Bertz CT molecular complexity index is 1020. The standard InChI is InChI=1S/C19H19NO3S2/c1-13-6-9-16(10-7-13)19(25(21,22)23)5-3-4-15-8-11-17-18(12-15)24-14(2)20-17/h3-4,6-12,19H,5H2,1-2H3,(H,21,22,23)/b4-3+. The minimum Gasteiger partial charge on any atom is -0.285 e. The van der Waals surface area contributed by atoms with E-state index in [1.165, 1.54) is 0 Å². The summed E-state index contributed by atoms with van der Waals surface area (Å²) in [5.74, 6) is 0. The van der Waals surface area contributed by atoms with E-state index in [0.717, 1.165) is 26.4 Å². The molecule has 3 aromatic rings. The second-order valence-corrected chi connectivity index (χ2v) is 8.85. The first-order chi connectivity index (χ1) is 11.8. The van der Waals surface area contributed by atoms with Crippen LogP contribution >= 0.6 is 11.3 Å². The minimum atomic E-state index is -4.18. The fraction of sp³-hybridized carbons (Fsp3) is 0.211. The Morgan fingerprint density at radius 3 is 2.56 bits per heavy atom. The molecule has 0 bridgehead atoms. The number of aromatic nitrogens is 1. The van der Waals surface area contributed by atoms with Gasteiger partial charge in [-0.05, 0) is 43.5 Å². The van der Waals surface area contributed by atoms with Crippen LogP contribution in [0.15, 0.2) is 48.5 Å². The van der Waals surface area contributed by atoms with Gasteiger partial charge in [-0.25, -0.2) is 4.98 Å². The molecule has 1 heterocycles. The van der Waals surface area contributed by atoms with Gasteiger partial charge < -0.3 is 0 Å². The van der Waals surface area contributed by atoms with E-state index in [-0.39, 0.29) is 6.42 Å². The molecule has 1 aromatic heterocycles. The van der Waals surface area contributed by atoms with Gasteiger partial charge in [0.1, 0.15) is 5.25 Å². The summed E-state index contributed by atoms with van der Waals surface area (Å²) in [5.41, 5.74) is 3.58. The first-order valence-corrected chi connectivity index (χ1v) is 10.2. The molecule has 0 saturated carbocycles. The van der Waals surface area contributed by atoms with Crippen molar-refractivity contribution in [2.24, 2.45) is 0 Å². The van der Waals surface area contributed by atoms with Crippen molar-refractivity contribution in [1.29, 1.82) is 0 Å². The lowest BCUT2D eigenvalue weighted by atomic mass is 10.1. The van der Waals surface area contributed by atoms with Crippen LogP contribution in [-0.4, -0.2) is 18.0 Å². The molecule has 1 atom stereocenters. The summed E-state index contributed by atoms with van der Waals surface area (Å²) in [5, 5.41) is 0.0562. The van der Waals surface area contributed by atoms with Crippen molar-refractivity contribution >= 4 is 37.7 Å². The van der Waals surface area contributed by atoms with Crippen molar-refractivity contribution in [2.75, 3.05) is 0 Å². The Labute approximate surface area is 151 Å². The van der Waals surface area contributed by atoms with Crippen LogP contribution in [0.3, 0.4) is 0 Å². The molecule has 3 rings (SSSR count). The van der Waals surface area contributed by atoms with Crippen molar-refractivity contribution in [3.63, 3.8) is 0 Å². The van der Waals surface area contributed by atoms with Crippen molar-refractivity contribution in [3.8, 4) is 0 Å². The van der Waals surface area contributed by atoms with E-state index in [2.05, 4.69) is 4.98 Å². The molecule has 0 aliphatic carbocycles. The second-order valence-electron chi connectivity index (χ2n) is 6.01. The number of aryl methyl sites for hydroxylation is 2. The molecule has 6 heteroatoms. The van der Waals surface area contributed by atoms with Gasteiger partial charge in [0.15, 0.2) is 0 Å². The molecule has 0 spiro atoms. The summed E-state index contributed by atoms with van der Waals surface area (Å²) < 4.78 is 34.2. The Hall–Kier alpha value is -2.02. The molecule has 130 valence electrons. The number of hydrogen-bond acceptors (Lipinski definition) is 4. The van der Waals surface area contributed by atoms with E-state index in [9.17, 15) is 13.0 Å². The number of allylic oxidation sites excluding steroid dienone is 1. The van der Waals surface area contributed by atoms with Crippen LogP contribution in [0.2, 0.25) is 0 Å². The highest BCUT2D eigenvalue weighted by atomic mass is 32.2. The summed E-state index contributed by atoms with van der Waals surface area (Å²) in [7, 11) is -4.18. The highest BCUT2D eigenvalue weighted by molar-refractivity contribution is 7.86. The predicted molar refractivity (Wildman–Crippen MR) is 103 cm³/mol. The van der Waals surface area contributed by atoms with Gasteiger partial charge in [0, 0.05) is 0 Å². The van der Waals surface area contributed by atoms with Crippen molar-refractivity contribution in [2.45, 2.75) is 25.5 Å². The third kappa shape index (κ3) is 4.34. The number of hydrogen-bond donors (Lipinski definition) is 1. The molecule has 1 unspecified atom stereocenters. The predicted octanol–water partition coefficient (Wildman–Crippen LogP) is 4.95. The van der Waals surface area contributed by atoms with Gasteiger partial charge in [-0.15, -0.1) is 11.3 Å². The number of rotatable bonds is 5. The Balaban J connectivity index is 1.82. The maximum absolute atomic E-state index is 11.8. The topological polar surface area (TPSA) is 67.3 Å². The lowest BCUT2D eigenvalue weighted by Gasteiger charge is -2.12. The Morgan fingerprint density at radius 2 is 1.88 bits per heavy atom. The molecule has 0 aliphatic rings. The van der Waals surface area contributed by atoms with Gasteiger partial charge in [-0.2, -0.15) is 8.42 Å². The van der Waals surface area contributed by atoms with Crippen LogP contribution < -0.4 is 0 Å². The smallest absolute Gasteiger partial charge is 0.272 e. The molecule has 0 amide bonds. The van der Waals surface area contributed by atoms with Gasteiger partial charge in [-0.1, -0.05) is 48.0 Å². The van der Waals surface area contributed by atoms with Crippen molar-refractivity contribution in [1.82, 2.24) is 4.98 Å². The average molecular weight is 373 g/mol. The number of fused-ring (bicyclic) bond motifs is 1. The molecule has 2 aromatic carbocycles. The van der Waals surface area contributed by atoms with E-state index in [4.69, 9.17) is 0 Å². The molecule has 0 saturated heterocycles. The van der Waals surface area contributed by atoms with Gasteiger partial charge in [-0.3, -0.25) is 4.55 Å². The van der Waals surface area contributed by atoms with Gasteiger partial charge >= 0.3 is 0 Å². The lowest BCUT2D eigenvalue weighted by Crippen LogP contribution is -2.11. The molecule has 25 heavy (non-hydrogen) atoms. The fourth-order valence-corrected chi connectivity index (χ4v) is 4.43. The van der Waals surface area contributed by atoms with E-state index < -0.39 is 15.4 Å². The first kappa shape index (κ1) is 17.8. The molecule has 0 aliphatic heterocycles. The van der Waals surface area contributed by atoms with E-state index >= 15 is 0 Å². The Morgan fingerprint density at radius 1 is 1.16 bits per heavy atom. The van der Waals surface area contributed by atoms with Crippen molar-refractivity contribution < 1.29 is 13.0 Å². The lowest BCUT2D eigenvalue weighted by molar-refractivity contribution is 0.468. The van der Waals surface area contributed by atoms with Crippen LogP contribution in [0, 0.1) is 13.8 Å². The van der Waals surface area contributed by atoms with Crippen LogP contribution in [-0.2, 0) is 10.1 Å². The average Bonchev–Trinajstić information content (AvgIpc) is 2.91. The zero-order valence-corrected chi connectivity index (χ0v) is 15.6. The zero-order valence-electron chi connectivity index (χ0n) is 14.0. The van der Waals surface area contributed by atoms with Crippen LogP contribution in [0.4, 0.5) is 0 Å². The Kier molecular flexibility index (Phi) is 5.03. The SMILES string of the molecule is Cc1ccc(C(C/C=C/c2ccc3nc(C)sc3c2)S(=O)(=O)O)cc1. The highest BCUT2D eigenvalue weighted by Gasteiger charge is 2.23. The van der Waals surface area contributed by atoms with Crippen molar-refractivity contribution in [3.05, 3.63) is 70.2 Å². The van der Waals surface area contributed by atoms with E-state index in [0.29, 0.717) is 5.56 Å². The molecular formula is C19H19NO3S2. The molecule has 0 radical (unpaired) electrons. The van der Waals surface area contributed by atoms with Gasteiger partial charge in [0.25, 0.3) is 10.1 Å². The van der Waals surface area contributed by atoms with Gasteiger partial charge in [0.05, 0.1) is 15.2 Å². The number of nitrogens with zero attached hydrogens (tertiary/aromatic N) is 1. The monoisotopic (exact) mass is 373 g/mol. The van der Waals surface area contributed by atoms with Crippen LogP contribution in [0.25, 0.3) is 16.3 Å². The normalized spacial score (nSPS) is 13.6. The molecule has 0 fully saturated rings. The van der Waals surface area contributed by atoms with Crippen LogP contribution in [0.1, 0.15) is 33.4 Å². The minimum absolute atomic E-state index is 0.210. The second kappa shape index (κ2) is 7.07. The quantitative estimate of drug-likeness (QED) is 0.643. The maximum atomic E-state index is 11.8. The highest BCUT2D eigenvalue weighted by Crippen LogP contribution is 2.27. The zero-order chi connectivity index (χ0) is 18.0. The van der Waals surface area contributed by atoms with E-state index in [1.807, 2.05) is 50.3 Å². The maximum Gasteiger partial charge on any atom is 0.272 e. The molecule has 1 N–H and O–H groups in total. The summed E-state index contributed by atoms with van der Waals surface area (Å²) in [6, 6.07) is 13.1. The summed E-state index contributed by atoms with van der Waals surface area (Å²) in [6.45, 7) is 3.90. The number of benzene rings is 2. The first-order valence-electron chi connectivity index (χ1n) is 7.89. The number of thiazole rings is 1. The third-order valence-electron chi connectivity index (χ3n) is 3.99. The van der Waals surface area contributed by atoms with Gasteiger partial charge in [0.2, 0.25) is 0 Å². The summed E-state index contributed by atoms with van der Waals surface area (Å²) in [4.78, 5) is 4.42. The summed E-state index contributed by atoms with van der Waals surface area (Å²) >= 11 is 1.63. The molecular weight excluding hydrogens is 354 g/mol. The van der Waals surface area contributed by atoms with Crippen LogP contribution in [0.5, 0.6) is 0 Å². The van der Waals surface area contributed by atoms with E-state index in [1.54, 1.807) is 29.5 Å². The largest absolute Gasteiger partial charge is 0.285 e. The summed E-state index contributed by atoms with van der Waals surface area (Å²) in [6.07, 6.45) is 3.87. The molecule has 4 nitrogen and oxygen atoms in total. The third-order valence-corrected chi connectivity index (χ3v) is 6.11.